The van der Waals surface area contributed by atoms with E-state index in [1.807, 2.05) is 27.7 Å². The second-order valence-electron chi connectivity index (χ2n) is 9.55. The zero-order chi connectivity index (χ0) is 23.9. The van der Waals surface area contributed by atoms with Gasteiger partial charge in [0.25, 0.3) is 0 Å². The van der Waals surface area contributed by atoms with Gasteiger partial charge in [0.2, 0.25) is 11.8 Å². The number of carbonyl (C=O) groups excluding carboxylic acids is 2. The predicted molar refractivity (Wildman–Crippen MR) is 124 cm³/mol. The molecule has 0 radical (unpaired) electrons. The number of nitrogens with one attached hydrogen (secondary N) is 1. The molecule has 1 saturated heterocycles. The highest BCUT2D eigenvalue weighted by Crippen LogP contribution is 2.22. The number of nitrogens with zero attached hydrogens (tertiary/aromatic N) is 2. The van der Waals surface area contributed by atoms with Crippen molar-refractivity contribution in [1.82, 2.24) is 15.1 Å². The summed E-state index contributed by atoms with van der Waals surface area (Å²) >= 11 is 0. The van der Waals surface area contributed by atoms with Gasteiger partial charge in [-0.2, -0.15) is 0 Å². The Kier molecular flexibility index (Phi) is 10.7. The van der Waals surface area contributed by atoms with Crippen LogP contribution < -0.4 is 5.32 Å². The molecule has 1 heterocycles. The highest BCUT2D eigenvalue weighted by Gasteiger charge is 2.36. The van der Waals surface area contributed by atoms with Crippen LogP contribution in [-0.2, 0) is 14.4 Å². The second kappa shape index (κ2) is 12.2. The minimum absolute atomic E-state index is 0.0336. The van der Waals surface area contributed by atoms with Crippen LogP contribution in [0.2, 0.25) is 0 Å². The number of likely N-dealkylation sites (N-methyl/N-ethyl adjacent to an activating group) is 1. The maximum absolute atomic E-state index is 13.5. The fourth-order valence-corrected chi connectivity index (χ4v) is 4.23. The molecule has 1 aliphatic rings. The highest BCUT2D eigenvalue weighted by atomic mass is 16.4. The maximum atomic E-state index is 13.5. The van der Waals surface area contributed by atoms with E-state index in [2.05, 4.69) is 24.1 Å². The van der Waals surface area contributed by atoms with E-state index in [0.717, 1.165) is 32.2 Å². The summed E-state index contributed by atoms with van der Waals surface area (Å²) in [6.45, 7) is 14.5. The summed E-state index contributed by atoms with van der Waals surface area (Å²) in [7, 11) is 1.70. The summed E-state index contributed by atoms with van der Waals surface area (Å²) in [5.74, 6) is -1.26. The summed E-state index contributed by atoms with van der Waals surface area (Å²) in [5, 5.41) is 12.3. The summed E-state index contributed by atoms with van der Waals surface area (Å²) < 4.78 is 0. The van der Waals surface area contributed by atoms with Crippen LogP contribution in [-0.4, -0.2) is 70.4 Å². The van der Waals surface area contributed by atoms with Crippen LogP contribution in [0.25, 0.3) is 0 Å². The van der Waals surface area contributed by atoms with Crippen molar-refractivity contribution in [1.29, 1.82) is 0 Å². The zero-order valence-electron chi connectivity index (χ0n) is 20.6. The van der Waals surface area contributed by atoms with E-state index >= 15 is 0 Å². The van der Waals surface area contributed by atoms with Gasteiger partial charge in [0.1, 0.15) is 6.04 Å². The van der Waals surface area contributed by atoms with Crippen molar-refractivity contribution in [2.24, 2.45) is 11.8 Å². The van der Waals surface area contributed by atoms with Gasteiger partial charge in [-0.25, -0.2) is 4.79 Å². The molecule has 178 valence electrons. The Morgan fingerprint density at radius 2 is 1.77 bits per heavy atom. The Morgan fingerprint density at radius 3 is 2.26 bits per heavy atom. The monoisotopic (exact) mass is 437 g/mol. The number of likely N-dealkylation sites (tertiary alicyclic amines) is 1. The Labute approximate surface area is 188 Å². The standard InChI is InChI=1S/C24H43N3O4/c1-9-17(6)21(25-22(28)19-12-10-11-13-27(19)16(4)5)23(29)26(8)20(15(2)3)14-18(7)24(30)31/h14-17,19-21H,9-13H2,1-8H3,(H,25,28)(H,30,31)/b18-14+/t17-,19?,20+,21-/m0/s1. The van der Waals surface area contributed by atoms with Crippen LogP contribution in [0, 0.1) is 11.8 Å². The van der Waals surface area contributed by atoms with Gasteiger partial charge in [-0.15, -0.1) is 0 Å². The van der Waals surface area contributed by atoms with Gasteiger partial charge in [-0.3, -0.25) is 14.5 Å². The first-order valence-corrected chi connectivity index (χ1v) is 11.7. The first kappa shape index (κ1) is 27.1. The number of hydrogen-bond acceptors (Lipinski definition) is 4. The molecule has 1 aliphatic heterocycles. The van der Waals surface area contributed by atoms with Crippen molar-refractivity contribution < 1.29 is 19.5 Å². The molecular formula is C24H43N3O4. The van der Waals surface area contributed by atoms with Crippen molar-refractivity contribution in [2.45, 2.75) is 98.3 Å². The van der Waals surface area contributed by atoms with Crippen LogP contribution >= 0.6 is 0 Å². The topological polar surface area (TPSA) is 90.0 Å². The van der Waals surface area contributed by atoms with Gasteiger partial charge in [0.05, 0.1) is 12.1 Å². The van der Waals surface area contributed by atoms with Gasteiger partial charge < -0.3 is 15.3 Å². The molecule has 1 rings (SSSR count). The molecule has 0 aromatic rings. The van der Waals surface area contributed by atoms with Crippen LogP contribution in [0.5, 0.6) is 0 Å². The number of amides is 2. The Morgan fingerprint density at radius 1 is 1.16 bits per heavy atom. The molecule has 0 aromatic heterocycles. The van der Waals surface area contributed by atoms with Crippen LogP contribution in [0.1, 0.15) is 74.1 Å². The normalized spacial score (nSPS) is 21.0. The molecule has 0 aromatic carbocycles. The fraction of sp³-hybridized carbons (Fsp3) is 0.792. The number of hydrogen-bond donors (Lipinski definition) is 2. The fourth-order valence-electron chi connectivity index (χ4n) is 4.23. The van der Waals surface area contributed by atoms with Crippen molar-refractivity contribution in [3.63, 3.8) is 0 Å². The molecule has 1 fully saturated rings. The van der Waals surface area contributed by atoms with Crippen molar-refractivity contribution in [2.75, 3.05) is 13.6 Å². The number of piperidine rings is 1. The van der Waals surface area contributed by atoms with Gasteiger partial charge in [-0.1, -0.05) is 46.6 Å². The third-order valence-corrected chi connectivity index (χ3v) is 6.52. The van der Waals surface area contributed by atoms with Gasteiger partial charge in [0, 0.05) is 18.7 Å². The summed E-state index contributed by atoms with van der Waals surface area (Å²) in [6, 6.07) is -0.952. The molecule has 31 heavy (non-hydrogen) atoms. The van der Waals surface area contributed by atoms with Gasteiger partial charge in [-0.05, 0) is 52.0 Å². The molecule has 0 saturated carbocycles. The molecule has 0 spiro atoms. The second-order valence-corrected chi connectivity index (χ2v) is 9.55. The van der Waals surface area contributed by atoms with E-state index in [-0.39, 0.29) is 47.3 Å². The van der Waals surface area contributed by atoms with Gasteiger partial charge in [0.15, 0.2) is 0 Å². The van der Waals surface area contributed by atoms with Crippen LogP contribution in [0.4, 0.5) is 0 Å². The largest absolute Gasteiger partial charge is 0.478 e. The summed E-state index contributed by atoms with van der Waals surface area (Å²) in [5.41, 5.74) is 0.206. The van der Waals surface area contributed by atoms with Crippen LogP contribution in [0.15, 0.2) is 11.6 Å². The molecule has 4 atom stereocenters. The lowest BCUT2D eigenvalue weighted by Gasteiger charge is -2.39. The first-order valence-electron chi connectivity index (χ1n) is 11.7. The van der Waals surface area contributed by atoms with E-state index in [4.69, 9.17) is 0 Å². The van der Waals surface area contributed by atoms with Crippen molar-refractivity contribution in [3.05, 3.63) is 11.6 Å². The number of carbonyl (C=O) groups is 3. The van der Waals surface area contributed by atoms with E-state index in [1.165, 1.54) is 6.92 Å². The zero-order valence-corrected chi connectivity index (χ0v) is 20.6. The third-order valence-electron chi connectivity index (χ3n) is 6.52. The molecular weight excluding hydrogens is 394 g/mol. The average molecular weight is 438 g/mol. The Bertz CT molecular complexity index is 659. The minimum atomic E-state index is -0.996. The van der Waals surface area contributed by atoms with Crippen LogP contribution in [0.3, 0.4) is 0 Å². The summed E-state index contributed by atoms with van der Waals surface area (Å²) in [4.78, 5) is 41.8. The first-order chi connectivity index (χ1) is 14.4. The quantitative estimate of drug-likeness (QED) is 0.512. The highest BCUT2D eigenvalue weighted by molar-refractivity contribution is 5.90. The molecule has 7 nitrogen and oxygen atoms in total. The maximum Gasteiger partial charge on any atom is 0.331 e. The molecule has 0 bridgehead atoms. The molecule has 0 aliphatic carbocycles. The number of carboxylic acids is 1. The summed E-state index contributed by atoms with van der Waals surface area (Å²) in [6.07, 6.45) is 5.28. The smallest absolute Gasteiger partial charge is 0.331 e. The van der Waals surface area contributed by atoms with Gasteiger partial charge >= 0.3 is 5.97 Å². The predicted octanol–water partition coefficient (Wildman–Crippen LogP) is 3.29. The number of rotatable bonds is 10. The lowest BCUT2D eigenvalue weighted by molar-refractivity contribution is -0.140. The SMILES string of the molecule is CC[C@H](C)[C@H](NC(=O)C1CCCCN1C(C)C)C(=O)N(C)[C@H](/C=C(\C)C(=O)O)C(C)C. The lowest BCUT2D eigenvalue weighted by atomic mass is 9.93. The van der Waals surface area contributed by atoms with E-state index < -0.39 is 12.0 Å². The number of aliphatic carboxylic acids is 1. The molecule has 7 heteroatoms. The minimum Gasteiger partial charge on any atom is -0.478 e. The van der Waals surface area contributed by atoms with Crippen molar-refractivity contribution >= 4 is 17.8 Å². The Balaban J connectivity index is 3.11. The average Bonchev–Trinajstić information content (AvgIpc) is 2.73. The molecule has 1 unspecified atom stereocenters. The van der Waals surface area contributed by atoms with E-state index in [9.17, 15) is 19.5 Å². The van der Waals surface area contributed by atoms with E-state index in [0.29, 0.717) is 0 Å². The Hall–Kier alpha value is -1.89. The third kappa shape index (κ3) is 7.34. The number of carboxylic acid groups (broad SMARTS) is 1. The molecule has 2 N–H and O–H groups in total. The van der Waals surface area contributed by atoms with E-state index in [1.54, 1.807) is 18.0 Å². The lowest BCUT2D eigenvalue weighted by Crippen LogP contribution is -2.59. The van der Waals surface area contributed by atoms with Crippen molar-refractivity contribution in [3.8, 4) is 0 Å². The molecule has 2 amide bonds.